The largest absolute Gasteiger partial charge is 0.467 e. The van der Waals surface area contributed by atoms with Gasteiger partial charge in [0.05, 0.1) is 25.3 Å². The molecule has 0 aliphatic heterocycles. The van der Waals surface area contributed by atoms with E-state index in [1.54, 1.807) is 25.5 Å². The van der Waals surface area contributed by atoms with Crippen LogP contribution in [0.2, 0.25) is 0 Å². The molecule has 0 fully saturated rings. The van der Waals surface area contributed by atoms with Gasteiger partial charge in [-0.25, -0.2) is 14.2 Å². The molecule has 1 aromatic heterocycles. The third-order valence-electron chi connectivity index (χ3n) is 3.17. The molecule has 0 saturated heterocycles. The summed E-state index contributed by atoms with van der Waals surface area (Å²) in [5.74, 6) is -0.808. The van der Waals surface area contributed by atoms with Gasteiger partial charge in [-0.3, -0.25) is 0 Å². The summed E-state index contributed by atoms with van der Waals surface area (Å²) in [4.78, 5) is 16.1. The lowest BCUT2D eigenvalue weighted by Crippen LogP contribution is -2.25. The zero-order valence-corrected chi connectivity index (χ0v) is 12.3. The van der Waals surface area contributed by atoms with E-state index in [-0.39, 0.29) is 5.82 Å². The van der Waals surface area contributed by atoms with Crippen molar-refractivity contribution in [3.63, 3.8) is 0 Å². The van der Waals surface area contributed by atoms with E-state index in [0.29, 0.717) is 17.9 Å². The second kappa shape index (κ2) is 6.39. The van der Waals surface area contributed by atoms with Crippen molar-refractivity contribution in [1.29, 1.82) is 0 Å². The lowest BCUT2D eigenvalue weighted by atomic mass is 10.1. The molecule has 112 valence electrons. The Morgan fingerprint density at radius 1 is 1.48 bits per heavy atom. The molecule has 6 heteroatoms. The van der Waals surface area contributed by atoms with Gasteiger partial charge in [0.15, 0.2) is 6.04 Å². The number of aryl methyl sites for hydroxylation is 2. The third kappa shape index (κ3) is 3.39. The lowest BCUT2D eigenvalue weighted by molar-refractivity contribution is -0.141. The van der Waals surface area contributed by atoms with Gasteiger partial charge in [0.25, 0.3) is 0 Å². The summed E-state index contributed by atoms with van der Waals surface area (Å²) < 4.78 is 20.1. The maximum absolute atomic E-state index is 13.5. The number of hydrogen-bond acceptors (Lipinski definition) is 4. The van der Waals surface area contributed by atoms with Gasteiger partial charge >= 0.3 is 5.97 Å². The minimum Gasteiger partial charge on any atom is -0.467 e. The van der Waals surface area contributed by atoms with Crippen LogP contribution in [0.15, 0.2) is 30.7 Å². The fourth-order valence-electron chi connectivity index (χ4n) is 2.19. The molecule has 0 radical (unpaired) electrons. The number of carbonyl (C=O) groups excluding carboxylic acids is 1. The van der Waals surface area contributed by atoms with Crippen LogP contribution < -0.4 is 5.32 Å². The van der Waals surface area contributed by atoms with Gasteiger partial charge in [-0.2, -0.15) is 0 Å². The molecule has 1 atom stereocenters. The van der Waals surface area contributed by atoms with Crippen LogP contribution in [0.3, 0.4) is 0 Å². The normalized spacial score (nSPS) is 12.0. The van der Waals surface area contributed by atoms with Crippen LogP contribution in [0, 0.1) is 12.7 Å². The average Bonchev–Trinajstić information content (AvgIpc) is 2.91. The summed E-state index contributed by atoms with van der Waals surface area (Å²) >= 11 is 0. The van der Waals surface area contributed by atoms with Crippen molar-refractivity contribution in [2.24, 2.45) is 0 Å². The number of nitrogens with one attached hydrogen (secondary N) is 1. The number of halogens is 1. The van der Waals surface area contributed by atoms with Crippen LogP contribution in [0.25, 0.3) is 0 Å². The SMILES string of the molecule is CCn1cncc1C(Nc1cc(C)cc(F)c1)C(=O)OC. The second-order valence-corrected chi connectivity index (χ2v) is 4.72. The van der Waals surface area contributed by atoms with Crippen LogP contribution in [-0.4, -0.2) is 22.6 Å². The van der Waals surface area contributed by atoms with Crippen LogP contribution in [-0.2, 0) is 16.1 Å². The number of nitrogens with zero attached hydrogens (tertiary/aromatic N) is 2. The Morgan fingerprint density at radius 2 is 2.24 bits per heavy atom. The standard InChI is InChI=1S/C15H18FN3O2/c1-4-19-9-17-8-13(19)14(15(20)21-3)18-12-6-10(2)5-11(16)7-12/h5-9,14,18H,4H2,1-3H3. The maximum atomic E-state index is 13.5. The van der Waals surface area contributed by atoms with Crippen LogP contribution in [0.5, 0.6) is 0 Å². The van der Waals surface area contributed by atoms with Gasteiger partial charge in [-0.15, -0.1) is 0 Å². The van der Waals surface area contributed by atoms with Gasteiger partial charge in [0.1, 0.15) is 5.82 Å². The Morgan fingerprint density at radius 3 is 2.86 bits per heavy atom. The second-order valence-electron chi connectivity index (χ2n) is 4.72. The molecular weight excluding hydrogens is 273 g/mol. The van der Waals surface area contributed by atoms with Gasteiger partial charge in [-0.1, -0.05) is 0 Å². The Labute approximate surface area is 122 Å². The molecule has 2 rings (SSSR count). The van der Waals surface area contributed by atoms with E-state index in [0.717, 1.165) is 5.56 Å². The number of imidazole rings is 1. The fraction of sp³-hybridized carbons (Fsp3) is 0.333. The quantitative estimate of drug-likeness (QED) is 0.861. The molecule has 2 aromatic rings. The van der Waals surface area contributed by atoms with E-state index in [1.165, 1.54) is 19.2 Å². The van der Waals surface area contributed by atoms with Crippen LogP contribution in [0.1, 0.15) is 24.2 Å². The lowest BCUT2D eigenvalue weighted by Gasteiger charge is -2.19. The summed E-state index contributed by atoms with van der Waals surface area (Å²) in [5.41, 5.74) is 1.96. The summed E-state index contributed by atoms with van der Waals surface area (Å²) in [5, 5.41) is 3.01. The number of ether oxygens (including phenoxy) is 1. The molecule has 0 spiro atoms. The first-order valence-corrected chi connectivity index (χ1v) is 6.66. The number of hydrogen-bond donors (Lipinski definition) is 1. The van der Waals surface area contributed by atoms with Crippen molar-refractivity contribution >= 4 is 11.7 Å². The highest BCUT2D eigenvalue weighted by Crippen LogP contribution is 2.22. The predicted octanol–water partition coefficient (Wildman–Crippen LogP) is 2.68. The van der Waals surface area contributed by atoms with E-state index >= 15 is 0 Å². The Bertz CT molecular complexity index is 619. The molecule has 1 aromatic carbocycles. The van der Waals surface area contributed by atoms with Gasteiger partial charge in [0.2, 0.25) is 0 Å². The monoisotopic (exact) mass is 291 g/mol. The molecule has 1 N–H and O–H groups in total. The molecule has 0 amide bonds. The van der Waals surface area contributed by atoms with E-state index in [9.17, 15) is 9.18 Å². The van der Waals surface area contributed by atoms with Crippen LogP contribution in [0.4, 0.5) is 10.1 Å². The highest BCUT2D eigenvalue weighted by atomic mass is 19.1. The number of methoxy groups -OCH3 is 1. The molecule has 0 bridgehead atoms. The number of anilines is 1. The first-order valence-electron chi connectivity index (χ1n) is 6.66. The number of carbonyl (C=O) groups is 1. The van der Waals surface area contributed by atoms with Gasteiger partial charge in [0, 0.05) is 12.2 Å². The Balaban J connectivity index is 2.35. The Kier molecular flexibility index (Phi) is 4.57. The van der Waals surface area contributed by atoms with E-state index in [1.807, 2.05) is 11.5 Å². The summed E-state index contributed by atoms with van der Waals surface area (Å²) in [6, 6.07) is 3.80. The molecule has 21 heavy (non-hydrogen) atoms. The zero-order valence-electron chi connectivity index (χ0n) is 12.3. The molecule has 0 aliphatic rings. The summed E-state index contributed by atoms with van der Waals surface area (Å²) in [7, 11) is 1.32. The molecule has 1 heterocycles. The van der Waals surface area contributed by atoms with Crippen LogP contribution >= 0.6 is 0 Å². The highest BCUT2D eigenvalue weighted by molar-refractivity contribution is 5.80. The average molecular weight is 291 g/mol. The minimum atomic E-state index is -0.737. The number of aromatic nitrogens is 2. The summed E-state index contributed by atoms with van der Waals surface area (Å²) in [6.45, 7) is 4.41. The van der Waals surface area contributed by atoms with Crippen molar-refractivity contribution in [3.05, 3.63) is 47.8 Å². The number of esters is 1. The van der Waals surface area contributed by atoms with Crippen molar-refractivity contribution in [3.8, 4) is 0 Å². The maximum Gasteiger partial charge on any atom is 0.334 e. The zero-order chi connectivity index (χ0) is 15.4. The van der Waals surface area contributed by atoms with Gasteiger partial charge < -0.3 is 14.6 Å². The third-order valence-corrected chi connectivity index (χ3v) is 3.17. The molecule has 5 nitrogen and oxygen atoms in total. The molecule has 0 saturated carbocycles. The van der Waals surface area contributed by atoms with E-state index in [2.05, 4.69) is 10.3 Å². The minimum absolute atomic E-state index is 0.356. The number of rotatable bonds is 5. The fourth-order valence-corrected chi connectivity index (χ4v) is 2.19. The number of benzene rings is 1. The Hall–Kier alpha value is -2.37. The van der Waals surface area contributed by atoms with Crippen molar-refractivity contribution in [1.82, 2.24) is 9.55 Å². The first kappa shape index (κ1) is 15.0. The first-order chi connectivity index (χ1) is 10.0. The summed E-state index contributed by atoms with van der Waals surface area (Å²) in [6.07, 6.45) is 3.24. The molecule has 1 unspecified atom stereocenters. The highest BCUT2D eigenvalue weighted by Gasteiger charge is 2.24. The topological polar surface area (TPSA) is 56.2 Å². The van der Waals surface area contributed by atoms with E-state index in [4.69, 9.17) is 4.74 Å². The molecular formula is C15H18FN3O2. The smallest absolute Gasteiger partial charge is 0.334 e. The van der Waals surface area contributed by atoms with E-state index < -0.39 is 12.0 Å². The van der Waals surface area contributed by atoms with Gasteiger partial charge in [-0.05, 0) is 37.6 Å². The van der Waals surface area contributed by atoms with Crippen molar-refractivity contribution in [2.75, 3.05) is 12.4 Å². The predicted molar refractivity (Wildman–Crippen MR) is 77.4 cm³/mol. The van der Waals surface area contributed by atoms with Crippen molar-refractivity contribution < 1.29 is 13.9 Å². The van der Waals surface area contributed by atoms with Crippen molar-refractivity contribution in [2.45, 2.75) is 26.4 Å². The molecule has 0 aliphatic carbocycles.